The molecule has 0 unspecified atom stereocenters. The number of anilines is 1. The lowest BCUT2D eigenvalue weighted by atomic mass is 10.1. The van der Waals surface area contributed by atoms with E-state index in [9.17, 15) is 0 Å². The molecule has 0 radical (unpaired) electrons. The standard InChI is InChI=1S/C11H15BrN2O/c1-15-10-3-6-14(7-4-10)9-2-5-13-11(12)8-9/h2,5,8,10H,3-4,6-7H2,1H3. The maximum absolute atomic E-state index is 5.35. The van der Waals surface area contributed by atoms with Crippen LogP contribution in [0.3, 0.4) is 0 Å². The molecule has 1 aliphatic rings. The number of methoxy groups -OCH3 is 1. The second kappa shape index (κ2) is 4.94. The lowest BCUT2D eigenvalue weighted by Gasteiger charge is -2.32. The second-order valence-electron chi connectivity index (χ2n) is 3.76. The SMILES string of the molecule is COC1CCN(c2ccnc(Br)c2)CC1. The van der Waals surface area contributed by atoms with Crippen LogP contribution in [0, 0.1) is 0 Å². The molecular weight excluding hydrogens is 256 g/mol. The zero-order valence-electron chi connectivity index (χ0n) is 8.82. The average molecular weight is 271 g/mol. The van der Waals surface area contributed by atoms with Crippen molar-refractivity contribution < 1.29 is 4.74 Å². The van der Waals surface area contributed by atoms with Gasteiger partial charge < -0.3 is 9.64 Å². The van der Waals surface area contributed by atoms with Gasteiger partial charge in [-0.05, 0) is 40.9 Å². The molecule has 1 aliphatic heterocycles. The van der Waals surface area contributed by atoms with Gasteiger partial charge in [-0.25, -0.2) is 4.98 Å². The average Bonchev–Trinajstić information content (AvgIpc) is 2.29. The van der Waals surface area contributed by atoms with Crippen LogP contribution in [0.4, 0.5) is 5.69 Å². The van der Waals surface area contributed by atoms with Crippen LogP contribution in [0.5, 0.6) is 0 Å². The van der Waals surface area contributed by atoms with Crippen LogP contribution in [0.2, 0.25) is 0 Å². The highest BCUT2D eigenvalue weighted by atomic mass is 79.9. The number of ether oxygens (including phenoxy) is 1. The molecule has 0 atom stereocenters. The first-order valence-electron chi connectivity index (χ1n) is 5.19. The number of hydrogen-bond donors (Lipinski definition) is 0. The van der Waals surface area contributed by atoms with Crippen molar-refractivity contribution >= 4 is 21.6 Å². The first kappa shape index (κ1) is 10.9. The zero-order chi connectivity index (χ0) is 10.7. The van der Waals surface area contributed by atoms with Gasteiger partial charge in [0.2, 0.25) is 0 Å². The minimum Gasteiger partial charge on any atom is -0.381 e. The number of piperidine rings is 1. The Kier molecular flexibility index (Phi) is 3.59. The molecule has 4 heteroatoms. The van der Waals surface area contributed by atoms with Crippen molar-refractivity contribution in [3.63, 3.8) is 0 Å². The molecule has 3 nitrogen and oxygen atoms in total. The summed E-state index contributed by atoms with van der Waals surface area (Å²) in [5.41, 5.74) is 1.24. The molecule has 0 aromatic carbocycles. The number of aromatic nitrogens is 1. The van der Waals surface area contributed by atoms with Crippen LogP contribution in [0.15, 0.2) is 22.9 Å². The summed E-state index contributed by atoms with van der Waals surface area (Å²) in [5, 5.41) is 0. The van der Waals surface area contributed by atoms with E-state index in [0.717, 1.165) is 30.5 Å². The fourth-order valence-corrected chi connectivity index (χ4v) is 2.29. The Labute approximate surface area is 98.6 Å². The second-order valence-corrected chi connectivity index (χ2v) is 4.57. The van der Waals surface area contributed by atoms with Crippen LogP contribution in [0.1, 0.15) is 12.8 Å². The first-order chi connectivity index (χ1) is 7.29. The van der Waals surface area contributed by atoms with Crippen molar-refractivity contribution in [1.29, 1.82) is 0 Å². The Balaban J connectivity index is 2.01. The Morgan fingerprint density at radius 3 is 2.80 bits per heavy atom. The number of hydrogen-bond acceptors (Lipinski definition) is 3. The predicted molar refractivity (Wildman–Crippen MR) is 64.2 cm³/mol. The third-order valence-corrected chi connectivity index (χ3v) is 3.28. The molecule has 15 heavy (non-hydrogen) atoms. The Bertz CT molecular complexity index is 324. The third-order valence-electron chi connectivity index (χ3n) is 2.85. The lowest BCUT2D eigenvalue weighted by molar-refractivity contribution is 0.0819. The highest BCUT2D eigenvalue weighted by molar-refractivity contribution is 9.10. The van der Waals surface area contributed by atoms with Gasteiger partial charge in [0.15, 0.2) is 0 Å². The molecule has 0 N–H and O–H groups in total. The fourth-order valence-electron chi connectivity index (χ4n) is 1.94. The van der Waals surface area contributed by atoms with Gasteiger partial charge in [-0.1, -0.05) is 0 Å². The van der Waals surface area contributed by atoms with Crippen LogP contribution in [-0.4, -0.2) is 31.3 Å². The molecule has 0 aliphatic carbocycles. The summed E-state index contributed by atoms with van der Waals surface area (Å²) in [7, 11) is 1.79. The van der Waals surface area contributed by atoms with Crippen molar-refractivity contribution in [2.24, 2.45) is 0 Å². The predicted octanol–water partition coefficient (Wildman–Crippen LogP) is 2.46. The fraction of sp³-hybridized carbons (Fsp3) is 0.545. The van der Waals surface area contributed by atoms with Gasteiger partial charge in [-0.15, -0.1) is 0 Å². The molecule has 1 saturated heterocycles. The molecule has 0 spiro atoms. The van der Waals surface area contributed by atoms with Crippen LogP contribution < -0.4 is 4.90 Å². The first-order valence-corrected chi connectivity index (χ1v) is 5.98. The van der Waals surface area contributed by atoms with Crippen LogP contribution in [-0.2, 0) is 4.74 Å². The number of pyridine rings is 1. The van der Waals surface area contributed by atoms with Gasteiger partial charge in [0.05, 0.1) is 6.10 Å². The molecule has 82 valence electrons. The van der Waals surface area contributed by atoms with E-state index in [1.807, 2.05) is 6.20 Å². The molecular formula is C11H15BrN2O. The Morgan fingerprint density at radius 1 is 1.47 bits per heavy atom. The van der Waals surface area contributed by atoms with Crippen LogP contribution >= 0.6 is 15.9 Å². The minimum atomic E-state index is 0.437. The van der Waals surface area contributed by atoms with Gasteiger partial charge >= 0.3 is 0 Å². The van der Waals surface area contributed by atoms with Crippen LogP contribution in [0.25, 0.3) is 0 Å². The maximum Gasteiger partial charge on any atom is 0.108 e. The summed E-state index contributed by atoms with van der Waals surface area (Å²) in [6, 6.07) is 4.12. The Hall–Kier alpha value is -0.610. The van der Waals surface area contributed by atoms with E-state index in [1.165, 1.54) is 5.69 Å². The van der Waals surface area contributed by atoms with E-state index in [1.54, 1.807) is 7.11 Å². The molecule has 1 aromatic heterocycles. The Morgan fingerprint density at radius 2 is 2.20 bits per heavy atom. The number of halogens is 1. The summed E-state index contributed by atoms with van der Waals surface area (Å²) in [6.45, 7) is 2.13. The van der Waals surface area contributed by atoms with Gasteiger partial charge in [0.1, 0.15) is 4.60 Å². The van der Waals surface area contributed by atoms with Gasteiger partial charge in [-0.3, -0.25) is 0 Å². The summed E-state index contributed by atoms with van der Waals surface area (Å²) >= 11 is 3.39. The van der Waals surface area contributed by atoms with E-state index in [0.29, 0.717) is 6.10 Å². The molecule has 1 fully saturated rings. The normalized spacial score (nSPS) is 18.1. The van der Waals surface area contributed by atoms with E-state index < -0.39 is 0 Å². The monoisotopic (exact) mass is 270 g/mol. The summed E-state index contributed by atoms with van der Waals surface area (Å²) in [6.07, 6.45) is 4.49. The minimum absolute atomic E-state index is 0.437. The topological polar surface area (TPSA) is 25.4 Å². The molecule has 0 bridgehead atoms. The third kappa shape index (κ3) is 2.69. The van der Waals surface area contributed by atoms with E-state index >= 15 is 0 Å². The molecule has 1 aromatic rings. The molecule has 2 rings (SSSR count). The highest BCUT2D eigenvalue weighted by Crippen LogP contribution is 2.22. The maximum atomic E-state index is 5.35. The molecule has 0 saturated carbocycles. The van der Waals surface area contributed by atoms with Crippen molar-refractivity contribution in [2.75, 3.05) is 25.1 Å². The molecule has 2 heterocycles. The lowest BCUT2D eigenvalue weighted by Crippen LogP contribution is -2.36. The van der Waals surface area contributed by atoms with Crippen molar-refractivity contribution in [2.45, 2.75) is 18.9 Å². The van der Waals surface area contributed by atoms with Crippen molar-refractivity contribution in [1.82, 2.24) is 4.98 Å². The van der Waals surface area contributed by atoms with Gasteiger partial charge in [0, 0.05) is 32.1 Å². The van der Waals surface area contributed by atoms with Crippen molar-refractivity contribution in [3.05, 3.63) is 22.9 Å². The zero-order valence-corrected chi connectivity index (χ0v) is 10.4. The van der Waals surface area contributed by atoms with E-state index in [4.69, 9.17) is 4.74 Å². The number of nitrogens with zero attached hydrogens (tertiary/aromatic N) is 2. The summed E-state index contributed by atoms with van der Waals surface area (Å²) < 4.78 is 6.25. The van der Waals surface area contributed by atoms with E-state index in [2.05, 4.69) is 37.9 Å². The summed E-state index contributed by atoms with van der Waals surface area (Å²) in [5.74, 6) is 0. The van der Waals surface area contributed by atoms with Gasteiger partial charge in [0.25, 0.3) is 0 Å². The van der Waals surface area contributed by atoms with Gasteiger partial charge in [-0.2, -0.15) is 0 Å². The quantitative estimate of drug-likeness (QED) is 0.773. The largest absolute Gasteiger partial charge is 0.381 e. The van der Waals surface area contributed by atoms with E-state index in [-0.39, 0.29) is 0 Å². The summed E-state index contributed by atoms with van der Waals surface area (Å²) in [4.78, 5) is 6.51. The highest BCUT2D eigenvalue weighted by Gasteiger charge is 2.18. The molecule has 0 amide bonds. The number of rotatable bonds is 2. The van der Waals surface area contributed by atoms with Crippen molar-refractivity contribution in [3.8, 4) is 0 Å². The smallest absolute Gasteiger partial charge is 0.108 e.